The SMILES string of the molecule is Cc1ccc(NC(=O)c2cc3cc(Br)ccc3n2NC(=O)C(=O)Nc2cccc(C)c2C)c(C)c1. The minimum atomic E-state index is -0.896. The van der Waals surface area contributed by atoms with E-state index in [1.54, 1.807) is 24.3 Å². The summed E-state index contributed by atoms with van der Waals surface area (Å²) in [6, 6.07) is 18.3. The first kappa shape index (κ1) is 24.2. The van der Waals surface area contributed by atoms with Gasteiger partial charge in [-0.2, -0.15) is 0 Å². The minimum Gasteiger partial charge on any atom is -0.320 e. The highest BCUT2D eigenvalue weighted by atomic mass is 79.9. The van der Waals surface area contributed by atoms with Gasteiger partial charge in [0.15, 0.2) is 0 Å². The van der Waals surface area contributed by atoms with E-state index in [1.807, 2.05) is 64.1 Å². The van der Waals surface area contributed by atoms with Crippen LogP contribution < -0.4 is 16.1 Å². The zero-order valence-electron chi connectivity index (χ0n) is 19.8. The van der Waals surface area contributed by atoms with Gasteiger partial charge >= 0.3 is 11.8 Å². The topological polar surface area (TPSA) is 92.2 Å². The molecule has 0 radical (unpaired) electrons. The van der Waals surface area contributed by atoms with E-state index in [0.29, 0.717) is 16.9 Å². The van der Waals surface area contributed by atoms with Crippen LogP contribution in [0.2, 0.25) is 0 Å². The summed E-state index contributed by atoms with van der Waals surface area (Å²) < 4.78 is 2.16. The average molecular weight is 533 g/mol. The van der Waals surface area contributed by atoms with Crippen LogP contribution in [0, 0.1) is 27.7 Å². The van der Waals surface area contributed by atoms with Crippen molar-refractivity contribution in [1.82, 2.24) is 4.68 Å². The van der Waals surface area contributed by atoms with Gasteiger partial charge in [0.05, 0.1) is 5.52 Å². The van der Waals surface area contributed by atoms with Crippen molar-refractivity contribution in [2.75, 3.05) is 16.1 Å². The molecule has 178 valence electrons. The van der Waals surface area contributed by atoms with Crippen LogP contribution in [0.15, 0.2) is 65.1 Å². The van der Waals surface area contributed by atoms with Crippen molar-refractivity contribution >= 4 is 55.9 Å². The molecule has 35 heavy (non-hydrogen) atoms. The Morgan fingerprint density at radius 3 is 2.29 bits per heavy atom. The number of fused-ring (bicyclic) bond motifs is 1. The predicted molar refractivity (Wildman–Crippen MR) is 142 cm³/mol. The monoisotopic (exact) mass is 532 g/mol. The van der Waals surface area contributed by atoms with Crippen molar-refractivity contribution in [3.05, 3.63) is 93.1 Å². The molecule has 8 heteroatoms. The Bertz CT molecular complexity index is 1490. The zero-order chi connectivity index (χ0) is 25.3. The number of rotatable bonds is 4. The number of aryl methyl sites for hydroxylation is 3. The van der Waals surface area contributed by atoms with Crippen molar-refractivity contribution in [2.24, 2.45) is 0 Å². The number of nitrogens with one attached hydrogen (secondary N) is 3. The second-order valence-corrected chi connectivity index (χ2v) is 9.40. The van der Waals surface area contributed by atoms with Crippen molar-refractivity contribution in [3.8, 4) is 0 Å². The standard InChI is InChI=1S/C27H25BrN4O3/c1-15-8-10-21(17(3)12-15)29-25(33)24-14-19-13-20(28)9-11-23(19)32(24)31-27(35)26(34)30-22-7-5-6-16(2)18(22)4/h5-14H,1-4H3,(H,29,33)(H,30,34)(H,31,35). The zero-order valence-corrected chi connectivity index (χ0v) is 21.4. The molecule has 0 aliphatic rings. The molecule has 0 bridgehead atoms. The second kappa shape index (κ2) is 9.76. The van der Waals surface area contributed by atoms with E-state index in [4.69, 9.17) is 0 Å². The number of carbonyl (C=O) groups is 3. The van der Waals surface area contributed by atoms with E-state index in [-0.39, 0.29) is 5.69 Å². The second-order valence-electron chi connectivity index (χ2n) is 8.48. The molecule has 0 fully saturated rings. The maximum absolute atomic E-state index is 13.3. The van der Waals surface area contributed by atoms with Crippen molar-refractivity contribution in [3.63, 3.8) is 0 Å². The van der Waals surface area contributed by atoms with Gasteiger partial charge in [-0.1, -0.05) is 45.8 Å². The summed E-state index contributed by atoms with van der Waals surface area (Å²) in [7, 11) is 0. The van der Waals surface area contributed by atoms with Crippen molar-refractivity contribution in [1.29, 1.82) is 0 Å². The summed E-state index contributed by atoms with van der Waals surface area (Å²) in [5, 5.41) is 6.27. The van der Waals surface area contributed by atoms with Gasteiger partial charge in [0.1, 0.15) is 5.69 Å². The van der Waals surface area contributed by atoms with Crippen LogP contribution in [0.3, 0.4) is 0 Å². The van der Waals surface area contributed by atoms with Crippen LogP contribution >= 0.6 is 15.9 Å². The van der Waals surface area contributed by atoms with E-state index >= 15 is 0 Å². The summed E-state index contributed by atoms with van der Waals surface area (Å²) in [5.74, 6) is -2.15. The summed E-state index contributed by atoms with van der Waals surface area (Å²) >= 11 is 3.44. The highest BCUT2D eigenvalue weighted by Gasteiger charge is 2.22. The molecular formula is C27H25BrN4O3. The van der Waals surface area contributed by atoms with Crippen LogP contribution in [0.25, 0.3) is 10.9 Å². The maximum Gasteiger partial charge on any atom is 0.328 e. The van der Waals surface area contributed by atoms with E-state index < -0.39 is 17.7 Å². The Labute approximate surface area is 211 Å². The molecule has 4 aromatic rings. The largest absolute Gasteiger partial charge is 0.328 e. The van der Waals surface area contributed by atoms with Gasteiger partial charge in [0.25, 0.3) is 5.91 Å². The predicted octanol–water partition coefficient (Wildman–Crippen LogP) is 5.60. The number of amides is 3. The third-order valence-corrected chi connectivity index (χ3v) is 6.39. The first-order valence-corrected chi connectivity index (χ1v) is 11.8. The third kappa shape index (κ3) is 5.12. The van der Waals surface area contributed by atoms with E-state index in [0.717, 1.165) is 32.1 Å². The summed E-state index contributed by atoms with van der Waals surface area (Å²) in [6.07, 6.45) is 0. The molecule has 3 N–H and O–H groups in total. The summed E-state index contributed by atoms with van der Waals surface area (Å²) in [4.78, 5) is 38.8. The van der Waals surface area contributed by atoms with Gasteiger partial charge in [-0.15, -0.1) is 0 Å². The fourth-order valence-electron chi connectivity index (χ4n) is 3.83. The molecule has 0 unspecified atom stereocenters. The van der Waals surface area contributed by atoms with Gasteiger partial charge in [0, 0.05) is 21.2 Å². The Kier molecular flexibility index (Phi) is 6.75. The molecule has 0 aliphatic carbocycles. The van der Waals surface area contributed by atoms with Crippen LogP contribution in [-0.4, -0.2) is 22.4 Å². The molecule has 1 heterocycles. The molecule has 0 atom stereocenters. The third-order valence-electron chi connectivity index (χ3n) is 5.90. The quantitative estimate of drug-likeness (QED) is 0.299. The lowest BCUT2D eigenvalue weighted by molar-refractivity contribution is -0.133. The first-order valence-electron chi connectivity index (χ1n) is 11.0. The molecule has 0 aliphatic heterocycles. The maximum atomic E-state index is 13.3. The summed E-state index contributed by atoms with van der Waals surface area (Å²) in [5.41, 5.74) is 8.44. The molecule has 0 spiro atoms. The first-order chi connectivity index (χ1) is 16.6. The number of hydrogen-bond acceptors (Lipinski definition) is 3. The molecule has 1 aromatic heterocycles. The lowest BCUT2D eigenvalue weighted by Crippen LogP contribution is -2.36. The van der Waals surface area contributed by atoms with Gasteiger partial charge in [-0.3, -0.25) is 19.8 Å². The van der Waals surface area contributed by atoms with Crippen LogP contribution in [-0.2, 0) is 9.59 Å². The normalized spacial score (nSPS) is 10.8. The van der Waals surface area contributed by atoms with E-state index in [9.17, 15) is 14.4 Å². The highest BCUT2D eigenvalue weighted by molar-refractivity contribution is 9.10. The number of aromatic nitrogens is 1. The molecule has 3 aromatic carbocycles. The van der Waals surface area contributed by atoms with Gasteiger partial charge in [0.2, 0.25) is 0 Å². The number of benzene rings is 3. The number of hydrogen-bond donors (Lipinski definition) is 3. The Morgan fingerprint density at radius 2 is 1.54 bits per heavy atom. The lowest BCUT2D eigenvalue weighted by atomic mass is 10.1. The smallest absolute Gasteiger partial charge is 0.320 e. The van der Waals surface area contributed by atoms with Gasteiger partial charge in [-0.25, -0.2) is 4.68 Å². The molecule has 4 rings (SSSR count). The Hall–Kier alpha value is -3.91. The molecule has 3 amide bonds. The molecule has 7 nitrogen and oxygen atoms in total. The average Bonchev–Trinajstić information content (AvgIpc) is 3.16. The van der Waals surface area contributed by atoms with E-state index in [1.165, 1.54) is 4.68 Å². The molecular weight excluding hydrogens is 508 g/mol. The number of anilines is 2. The fourth-order valence-corrected chi connectivity index (χ4v) is 4.21. The van der Waals surface area contributed by atoms with Crippen molar-refractivity contribution in [2.45, 2.75) is 27.7 Å². The number of halogens is 1. The molecule has 0 saturated carbocycles. The lowest BCUT2D eigenvalue weighted by Gasteiger charge is -2.14. The van der Waals surface area contributed by atoms with Crippen LogP contribution in [0.5, 0.6) is 0 Å². The van der Waals surface area contributed by atoms with Crippen LogP contribution in [0.4, 0.5) is 11.4 Å². The minimum absolute atomic E-state index is 0.186. The Balaban J connectivity index is 1.65. The number of carbonyl (C=O) groups excluding carboxylic acids is 3. The fraction of sp³-hybridized carbons (Fsp3) is 0.148. The van der Waals surface area contributed by atoms with E-state index in [2.05, 4.69) is 32.0 Å². The van der Waals surface area contributed by atoms with Crippen LogP contribution in [0.1, 0.15) is 32.7 Å². The van der Waals surface area contributed by atoms with Crippen molar-refractivity contribution < 1.29 is 14.4 Å². The Morgan fingerprint density at radius 1 is 0.771 bits per heavy atom. The highest BCUT2D eigenvalue weighted by Crippen LogP contribution is 2.25. The molecule has 0 saturated heterocycles. The number of nitrogens with zero attached hydrogens (tertiary/aromatic N) is 1. The van der Waals surface area contributed by atoms with Gasteiger partial charge < -0.3 is 10.6 Å². The van der Waals surface area contributed by atoms with Gasteiger partial charge in [-0.05, 0) is 80.8 Å². The summed E-state index contributed by atoms with van der Waals surface area (Å²) in [6.45, 7) is 7.69.